The van der Waals surface area contributed by atoms with E-state index >= 15 is 0 Å². The predicted octanol–water partition coefficient (Wildman–Crippen LogP) is 5.12. The van der Waals surface area contributed by atoms with E-state index in [1.54, 1.807) is 0 Å². The lowest BCUT2D eigenvalue weighted by Gasteiger charge is -2.12. The Morgan fingerprint density at radius 2 is 1.56 bits per heavy atom. The fourth-order valence-corrected chi connectivity index (χ4v) is 2.44. The predicted molar refractivity (Wildman–Crippen MR) is 79.0 cm³/mol. The van der Waals surface area contributed by atoms with Crippen molar-refractivity contribution in [3.8, 4) is 0 Å². The van der Waals surface area contributed by atoms with Gasteiger partial charge in [0.15, 0.2) is 0 Å². The third kappa shape index (κ3) is 3.46. The summed E-state index contributed by atoms with van der Waals surface area (Å²) in [6, 6.07) is 19.5. The van der Waals surface area contributed by atoms with Crippen LogP contribution < -0.4 is 0 Å². The van der Waals surface area contributed by atoms with Gasteiger partial charge in [-0.2, -0.15) is 0 Å². The maximum Gasteiger partial charge on any atom is -0.0190 e. The molecule has 0 heteroatoms. The normalized spacial score (nSPS) is 12.3. The van der Waals surface area contributed by atoms with Gasteiger partial charge in [0, 0.05) is 0 Å². The van der Waals surface area contributed by atoms with Crippen molar-refractivity contribution in [3.05, 3.63) is 71.3 Å². The number of rotatable bonds is 5. The monoisotopic (exact) mass is 238 g/mol. The molecule has 0 aromatic heterocycles. The van der Waals surface area contributed by atoms with Crippen LogP contribution in [0, 0.1) is 6.92 Å². The molecule has 0 aliphatic heterocycles. The molecule has 0 heterocycles. The van der Waals surface area contributed by atoms with E-state index in [4.69, 9.17) is 0 Å². The molecule has 0 spiro atoms. The topological polar surface area (TPSA) is 0 Å². The Kier molecular flexibility index (Phi) is 4.58. The SMILES string of the molecule is Cc1ccccc1CCCC(C)c1ccccc1. The van der Waals surface area contributed by atoms with Crippen LogP contribution in [0.2, 0.25) is 0 Å². The van der Waals surface area contributed by atoms with E-state index in [9.17, 15) is 0 Å². The van der Waals surface area contributed by atoms with Crippen molar-refractivity contribution in [2.75, 3.05) is 0 Å². The summed E-state index contributed by atoms with van der Waals surface area (Å²) in [7, 11) is 0. The zero-order valence-corrected chi connectivity index (χ0v) is 11.4. The van der Waals surface area contributed by atoms with Gasteiger partial charge in [0.1, 0.15) is 0 Å². The van der Waals surface area contributed by atoms with Crippen LogP contribution in [0.15, 0.2) is 54.6 Å². The van der Waals surface area contributed by atoms with Crippen molar-refractivity contribution in [1.29, 1.82) is 0 Å². The average Bonchev–Trinajstić information content (AvgIpc) is 2.42. The summed E-state index contributed by atoms with van der Waals surface area (Å²) in [5, 5.41) is 0. The van der Waals surface area contributed by atoms with Crippen molar-refractivity contribution in [3.63, 3.8) is 0 Å². The third-order valence-electron chi connectivity index (χ3n) is 3.71. The minimum absolute atomic E-state index is 0.662. The molecule has 2 aromatic carbocycles. The second-order valence-electron chi connectivity index (χ2n) is 5.13. The minimum atomic E-state index is 0.662. The van der Waals surface area contributed by atoms with Gasteiger partial charge in [-0.15, -0.1) is 0 Å². The Bertz CT molecular complexity index is 470. The molecule has 0 radical (unpaired) electrons. The summed E-state index contributed by atoms with van der Waals surface area (Å²) >= 11 is 0. The van der Waals surface area contributed by atoms with Gasteiger partial charge in [-0.1, -0.05) is 61.5 Å². The van der Waals surface area contributed by atoms with E-state index in [-0.39, 0.29) is 0 Å². The van der Waals surface area contributed by atoms with E-state index in [2.05, 4.69) is 68.4 Å². The molecule has 1 unspecified atom stereocenters. The summed E-state index contributed by atoms with van der Waals surface area (Å²) in [4.78, 5) is 0. The quantitative estimate of drug-likeness (QED) is 0.678. The Morgan fingerprint density at radius 1 is 0.889 bits per heavy atom. The average molecular weight is 238 g/mol. The van der Waals surface area contributed by atoms with Crippen LogP contribution in [0.5, 0.6) is 0 Å². The van der Waals surface area contributed by atoms with Crippen molar-refractivity contribution in [2.24, 2.45) is 0 Å². The molecule has 0 aliphatic rings. The summed E-state index contributed by atoms with van der Waals surface area (Å²) in [5.74, 6) is 0.662. The first-order chi connectivity index (χ1) is 8.77. The molecular formula is C18H22. The van der Waals surface area contributed by atoms with Crippen LogP contribution >= 0.6 is 0 Å². The summed E-state index contributed by atoms with van der Waals surface area (Å²) < 4.78 is 0. The van der Waals surface area contributed by atoms with Gasteiger partial charge in [-0.05, 0) is 48.8 Å². The van der Waals surface area contributed by atoms with Gasteiger partial charge in [0.2, 0.25) is 0 Å². The van der Waals surface area contributed by atoms with Crippen LogP contribution in [-0.4, -0.2) is 0 Å². The Balaban J connectivity index is 1.84. The van der Waals surface area contributed by atoms with Gasteiger partial charge in [-0.25, -0.2) is 0 Å². The molecule has 2 aromatic rings. The molecule has 2 rings (SSSR count). The third-order valence-corrected chi connectivity index (χ3v) is 3.71. The van der Waals surface area contributed by atoms with E-state index in [1.807, 2.05) is 0 Å². The summed E-state index contributed by atoms with van der Waals surface area (Å²) in [6.45, 7) is 4.53. The van der Waals surface area contributed by atoms with Crippen molar-refractivity contribution >= 4 is 0 Å². The standard InChI is InChI=1S/C18H22/c1-15-9-6-7-13-18(15)14-8-10-16(2)17-11-4-3-5-12-17/h3-7,9,11-13,16H,8,10,14H2,1-2H3. The van der Waals surface area contributed by atoms with E-state index < -0.39 is 0 Å². The second-order valence-corrected chi connectivity index (χ2v) is 5.13. The molecule has 0 saturated carbocycles. The molecule has 0 saturated heterocycles. The molecule has 18 heavy (non-hydrogen) atoms. The van der Waals surface area contributed by atoms with Crippen LogP contribution in [0.3, 0.4) is 0 Å². The Morgan fingerprint density at radius 3 is 2.28 bits per heavy atom. The van der Waals surface area contributed by atoms with Crippen molar-refractivity contribution in [2.45, 2.75) is 39.0 Å². The maximum absolute atomic E-state index is 2.33. The highest BCUT2D eigenvalue weighted by atomic mass is 14.1. The highest BCUT2D eigenvalue weighted by Crippen LogP contribution is 2.21. The molecule has 0 nitrogen and oxygen atoms in total. The minimum Gasteiger partial charge on any atom is -0.0622 e. The lowest BCUT2D eigenvalue weighted by molar-refractivity contribution is 0.632. The summed E-state index contributed by atoms with van der Waals surface area (Å²) in [6.07, 6.45) is 3.73. The van der Waals surface area contributed by atoms with Gasteiger partial charge >= 0.3 is 0 Å². The van der Waals surface area contributed by atoms with Crippen molar-refractivity contribution in [1.82, 2.24) is 0 Å². The first-order valence-corrected chi connectivity index (χ1v) is 6.87. The van der Waals surface area contributed by atoms with Crippen LogP contribution in [-0.2, 0) is 6.42 Å². The highest BCUT2D eigenvalue weighted by molar-refractivity contribution is 5.25. The van der Waals surface area contributed by atoms with E-state index in [1.165, 1.54) is 36.0 Å². The molecular weight excluding hydrogens is 216 g/mol. The molecule has 94 valence electrons. The fourth-order valence-electron chi connectivity index (χ4n) is 2.44. The lowest BCUT2D eigenvalue weighted by Crippen LogP contribution is -1.96. The summed E-state index contributed by atoms with van der Waals surface area (Å²) in [5.41, 5.74) is 4.38. The fraction of sp³-hybridized carbons (Fsp3) is 0.333. The zero-order valence-electron chi connectivity index (χ0n) is 11.4. The lowest BCUT2D eigenvalue weighted by atomic mass is 9.93. The van der Waals surface area contributed by atoms with Gasteiger partial charge in [0.05, 0.1) is 0 Å². The van der Waals surface area contributed by atoms with Crippen LogP contribution in [0.4, 0.5) is 0 Å². The van der Waals surface area contributed by atoms with Crippen LogP contribution in [0.1, 0.15) is 42.4 Å². The van der Waals surface area contributed by atoms with Crippen LogP contribution in [0.25, 0.3) is 0 Å². The number of aryl methyl sites for hydroxylation is 2. The molecule has 0 amide bonds. The Labute approximate surface area is 111 Å². The maximum atomic E-state index is 2.33. The van der Waals surface area contributed by atoms with Gasteiger partial charge in [0.25, 0.3) is 0 Å². The van der Waals surface area contributed by atoms with Crippen molar-refractivity contribution < 1.29 is 0 Å². The van der Waals surface area contributed by atoms with Gasteiger partial charge in [-0.3, -0.25) is 0 Å². The first-order valence-electron chi connectivity index (χ1n) is 6.87. The number of hydrogen-bond acceptors (Lipinski definition) is 0. The first kappa shape index (κ1) is 12.9. The molecule has 1 atom stereocenters. The van der Waals surface area contributed by atoms with Gasteiger partial charge < -0.3 is 0 Å². The van der Waals surface area contributed by atoms with E-state index in [0.29, 0.717) is 5.92 Å². The van der Waals surface area contributed by atoms with E-state index in [0.717, 1.165) is 0 Å². The largest absolute Gasteiger partial charge is 0.0622 e. The second kappa shape index (κ2) is 6.39. The number of hydrogen-bond donors (Lipinski definition) is 0. The molecule has 0 N–H and O–H groups in total. The smallest absolute Gasteiger partial charge is 0.0190 e. The number of benzene rings is 2. The molecule has 0 fully saturated rings. The molecule has 0 bridgehead atoms. The zero-order chi connectivity index (χ0) is 12.8. The highest BCUT2D eigenvalue weighted by Gasteiger charge is 2.05. The Hall–Kier alpha value is -1.56. The molecule has 0 aliphatic carbocycles.